The van der Waals surface area contributed by atoms with E-state index < -0.39 is 0 Å². The molecule has 1 fully saturated rings. The van der Waals surface area contributed by atoms with Crippen LogP contribution in [0.15, 0.2) is 30.3 Å². The van der Waals surface area contributed by atoms with Gasteiger partial charge in [0.1, 0.15) is 0 Å². The Hall–Kier alpha value is -1.12. The molecule has 0 bridgehead atoms. The van der Waals surface area contributed by atoms with Crippen molar-refractivity contribution in [3.8, 4) is 0 Å². The molecule has 1 aliphatic heterocycles. The first-order valence-corrected chi connectivity index (χ1v) is 6.23. The van der Waals surface area contributed by atoms with Crippen molar-refractivity contribution in [2.45, 2.75) is 0 Å². The van der Waals surface area contributed by atoms with E-state index in [1.165, 1.54) is 31.7 Å². The Bertz CT molecular complexity index is 359. The third kappa shape index (κ3) is 3.99. The molecule has 2 rings (SSSR count). The second-order valence-corrected chi connectivity index (χ2v) is 4.75. The molecule has 1 aromatic carbocycles. The molecule has 1 saturated heterocycles. The van der Waals surface area contributed by atoms with E-state index in [1.807, 2.05) is 0 Å². The average molecular weight is 229 g/mol. The molecule has 0 spiro atoms. The molecule has 0 unspecified atom stereocenters. The lowest BCUT2D eigenvalue weighted by atomic mass is 10.1. The predicted octanol–water partition coefficient (Wildman–Crippen LogP) is 2.13. The Balaban J connectivity index is 1.79. The number of rotatable bonds is 3. The van der Waals surface area contributed by atoms with Crippen LogP contribution >= 0.6 is 0 Å². The number of hydrogen-bond donors (Lipinski definition) is 0. The van der Waals surface area contributed by atoms with Crippen LogP contribution in [0.2, 0.25) is 0 Å². The Labute approximate surface area is 105 Å². The van der Waals surface area contributed by atoms with Gasteiger partial charge in [-0.25, -0.2) is 0 Å². The van der Waals surface area contributed by atoms with Crippen molar-refractivity contribution >= 4 is 6.08 Å². The highest BCUT2D eigenvalue weighted by molar-refractivity contribution is 5.50. The summed E-state index contributed by atoms with van der Waals surface area (Å²) >= 11 is 0. The summed E-state index contributed by atoms with van der Waals surface area (Å²) in [5, 5.41) is 0. The molecule has 2 heteroatoms. The van der Waals surface area contributed by atoms with Crippen molar-refractivity contribution in [3.05, 3.63) is 48.4 Å². The van der Waals surface area contributed by atoms with Gasteiger partial charge in [-0.05, 0) is 25.1 Å². The Morgan fingerprint density at radius 3 is 2.41 bits per heavy atom. The lowest BCUT2D eigenvalue weighted by Gasteiger charge is -2.31. The smallest absolute Gasteiger partial charge is 0.0167 e. The quantitative estimate of drug-likeness (QED) is 0.783. The zero-order chi connectivity index (χ0) is 12.1. The van der Waals surface area contributed by atoms with Crippen LogP contribution in [-0.4, -0.2) is 49.6 Å². The van der Waals surface area contributed by atoms with E-state index in [4.69, 9.17) is 0 Å². The second-order valence-electron chi connectivity index (χ2n) is 4.75. The molecule has 91 valence electrons. The molecule has 1 aromatic rings. The molecule has 0 N–H and O–H groups in total. The monoisotopic (exact) mass is 229 g/mol. The van der Waals surface area contributed by atoms with E-state index >= 15 is 0 Å². The van der Waals surface area contributed by atoms with E-state index in [-0.39, 0.29) is 0 Å². The minimum Gasteiger partial charge on any atom is -0.304 e. The van der Waals surface area contributed by atoms with E-state index in [1.54, 1.807) is 0 Å². The number of likely N-dealkylation sites (N-methyl/N-ethyl adjacent to an activating group) is 1. The maximum absolute atomic E-state index is 3.89. The third-order valence-electron chi connectivity index (χ3n) is 3.25. The van der Waals surface area contributed by atoms with Gasteiger partial charge in [-0.2, -0.15) is 0 Å². The highest BCUT2D eigenvalue weighted by Gasteiger charge is 2.11. The summed E-state index contributed by atoms with van der Waals surface area (Å²) in [7, 11) is 2.19. The largest absolute Gasteiger partial charge is 0.304 e. The summed E-state index contributed by atoms with van der Waals surface area (Å²) in [6.45, 7) is 9.67. The van der Waals surface area contributed by atoms with Crippen LogP contribution in [0.25, 0.3) is 6.08 Å². The standard InChI is InChI=1S/C15H21N2/c1-14-5-7-15(8-6-14)4-3-9-17-12-10-16(2)11-13-17/h3-8H,1,9-13H2,2H3/b4-3+. The third-order valence-corrected chi connectivity index (χ3v) is 3.25. The highest BCUT2D eigenvalue weighted by Crippen LogP contribution is 2.05. The number of piperazine rings is 1. The maximum atomic E-state index is 3.89. The zero-order valence-electron chi connectivity index (χ0n) is 10.6. The normalized spacial score (nSPS) is 18.9. The minimum absolute atomic E-state index is 1.06. The van der Waals surface area contributed by atoms with Gasteiger partial charge in [0.15, 0.2) is 0 Å². The van der Waals surface area contributed by atoms with Crippen LogP contribution < -0.4 is 0 Å². The molecule has 17 heavy (non-hydrogen) atoms. The van der Waals surface area contributed by atoms with Crippen LogP contribution in [0.3, 0.4) is 0 Å². The highest BCUT2D eigenvalue weighted by atomic mass is 15.2. The van der Waals surface area contributed by atoms with Gasteiger partial charge in [0, 0.05) is 32.7 Å². The summed E-state index contributed by atoms with van der Waals surface area (Å²) in [6, 6.07) is 8.33. The Morgan fingerprint density at radius 2 is 1.76 bits per heavy atom. The fourth-order valence-electron chi connectivity index (χ4n) is 2.00. The average Bonchev–Trinajstić information content (AvgIpc) is 2.34. The Kier molecular flexibility index (Phi) is 4.35. The Morgan fingerprint density at radius 1 is 1.12 bits per heavy atom. The fraction of sp³-hybridized carbons (Fsp3) is 0.400. The van der Waals surface area contributed by atoms with Crippen LogP contribution in [0.1, 0.15) is 11.1 Å². The topological polar surface area (TPSA) is 6.48 Å². The predicted molar refractivity (Wildman–Crippen MR) is 73.9 cm³/mol. The molecule has 0 aliphatic carbocycles. The van der Waals surface area contributed by atoms with Gasteiger partial charge in [-0.3, -0.25) is 4.90 Å². The summed E-state index contributed by atoms with van der Waals surface area (Å²) in [4.78, 5) is 4.87. The van der Waals surface area contributed by atoms with Crippen molar-refractivity contribution < 1.29 is 0 Å². The van der Waals surface area contributed by atoms with E-state index in [2.05, 4.69) is 60.2 Å². The minimum atomic E-state index is 1.06. The molecule has 0 aromatic heterocycles. The van der Waals surface area contributed by atoms with Gasteiger partial charge in [0.25, 0.3) is 0 Å². The van der Waals surface area contributed by atoms with Crippen molar-refractivity contribution in [2.75, 3.05) is 39.8 Å². The molecular weight excluding hydrogens is 208 g/mol. The summed E-state index contributed by atoms with van der Waals surface area (Å²) < 4.78 is 0. The molecule has 1 aliphatic rings. The van der Waals surface area contributed by atoms with Crippen LogP contribution in [0.4, 0.5) is 0 Å². The van der Waals surface area contributed by atoms with Crippen LogP contribution in [-0.2, 0) is 0 Å². The van der Waals surface area contributed by atoms with Gasteiger partial charge >= 0.3 is 0 Å². The first-order chi connectivity index (χ1) is 8.24. The molecule has 1 heterocycles. The molecule has 1 radical (unpaired) electrons. The summed E-state index contributed by atoms with van der Waals surface area (Å²) in [5.74, 6) is 0. The second kappa shape index (κ2) is 5.99. The van der Waals surface area contributed by atoms with Gasteiger partial charge < -0.3 is 4.90 Å². The van der Waals surface area contributed by atoms with Crippen molar-refractivity contribution in [1.82, 2.24) is 9.80 Å². The summed E-state index contributed by atoms with van der Waals surface area (Å²) in [6.07, 6.45) is 4.45. The molecule has 0 atom stereocenters. The molecule has 2 nitrogen and oxygen atoms in total. The maximum Gasteiger partial charge on any atom is 0.0167 e. The van der Waals surface area contributed by atoms with Gasteiger partial charge in [-0.1, -0.05) is 36.4 Å². The first kappa shape index (κ1) is 12.3. The summed E-state index contributed by atoms with van der Waals surface area (Å²) in [5.41, 5.74) is 2.33. The van der Waals surface area contributed by atoms with Gasteiger partial charge in [-0.15, -0.1) is 0 Å². The molecular formula is C15H21N2. The fourth-order valence-corrected chi connectivity index (χ4v) is 2.00. The number of hydrogen-bond acceptors (Lipinski definition) is 2. The van der Waals surface area contributed by atoms with Crippen molar-refractivity contribution in [3.63, 3.8) is 0 Å². The SMILES string of the molecule is [CH2]c1ccc(/C=C/CN2CCN(C)CC2)cc1. The first-order valence-electron chi connectivity index (χ1n) is 6.23. The van der Waals surface area contributed by atoms with Gasteiger partial charge in [0.05, 0.1) is 0 Å². The lowest BCUT2D eigenvalue weighted by Crippen LogP contribution is -2.44. The molecule has 0 amide bonds. The van der Waals surface area contributed by atoms with E-state index in [0.717, 1.165) is 12.1 Å². The van der Waals surface area contributed by atoms with Gasteiger partial charge in [0.2, 0.25) is 0 Å². The number of nitrogens with zero attached hydrogens (tertiary/aromatic N) is 2. The van der Waals surface area contributed by atoms with E-state index in [9.17, 15) is 0 Å². The lowest BCUT2D eigenvalue weighted by molar-refractivity contribution is 0.167. The number of benzene rings is 1. The van der Waals surface area contributed by atoms with Crippen LogP contribution in [0, 0.1) is 6.92 Å². The van der Waals surface area contributed by atoms with Crippen molar-refractivity contribution in [1.29, 1.82) is 0 Å². The zero-order valence-corrected chi connectivity index (χ0v) is 10.6. The van der Waals surface area contributed by atoms with Crippen LogP contribution in [0.5, 0.6) is 0 Å². The van der Waals surface area contributed by atoms with E-state index in [0.29, 0.717) is 0 Å². The molecule has 0 saturated carbocycles. The van der Waals surface area contributed by atoms with Crippen molar-refractivity contribution in [2.24, 2.45) is 0 Å².